The maximum Gasteiger partial charge on any atom is 0.254 e. The summed E-state index contributed by atoms with van der Waals surface area (Å²) < 4.78 is 1.62. The van der Waals surface area contributed by atoms with E-state index >= 15 is 0 Å². The lowest BCUT2D eigenvalue weighted by Crippen LogP contribution is -2.40. The predicted molar refractivity (Wildman–Crippen MR) is 102 cm³/mol. The average Bonchev–Trinajstić information content (AvgIpc) is 2.69. The van der Waals surface area contributed by atoms with Crippen LogP contribution in [0.5, 0.6) is 0 Å². The fraction of sp³-hybridized carbons (Fsp3) is 0.300. The number of hydrogen-bond donors (Lipinski definition) is 1. The molecular formula is C20H20N4O3. The minimum atomic E-state index is -0.275. The molecule has 2 aromatic heterocycles. The van der Waals surface area contributed by atoms with Crippen molar-refractivity contribution in [3.8, 4) is 0 Å². The molecule has 0 bridgehead atoms. The fourth-order valence-corrected chi connectivity index (χ4v) is 3.66. The minimum absolute atomic E-state index is 0.0570. The molecule has 1 aliphatic rings. The van der Waals surface area contributed by atoms with Gasteiger partial charge in [-0.3, -0.25) is 19.0 Å². The largest absolute Gasteiger partial charge is 0.339 e. The van der Waals surface area contributed by atoms with Crippen molar-refractivity contribution in [3.63, 3.8) is 0 Å². The van der Waals surface area contributed by atoms with Gasteiger partial charge in [0.05, 0.1) is 11.9 Å². The number of hydrogen-bond acceptors (Lipinski definition) is 4. The van der Waals surface area contributed by atoms with Crippen LogP contribution in [0.2, 0.25) is 0 Å². The predicted octanol–water partition coefficient (Wildman–Crippen LogP) is 1.64. The van der Waals surface area contributed by atoms with Crippen molar-refractivity contribution in [3.05, 3.63) is 75.2 Å². The lowest BCUT2D eigenvalue weighted by Gasteiger charge is -2.32. The Balaban J connectivity index is 1.49. The number of aromatic nitrogens is 3. The Morgan fingerprint density at radius 3 is 2.70 bits per heavy atom. The van der Waals surface area contributed by atoms with Gasteiger partial charge in [-0.1, -0.05) is 18.2 Å². The molecule has 1 fully saturated rings. The second-order valence-electron chi connectivity index (χ2n) is 6.90. The Kier molecular flexibility index (Phi) is 4.58. The summed E-state index contributed by atoms with van der Waals surface area (Å²) in [6.07, 6.45) is 4.68. The number of carbonyl (C=O) groups excluding carboxylic acids is 1. The van der Waals surface area contributed by atoms with Gasteiger partial charge in [0.2, 0.25) is 5.56 Å². The number of benzene rings is 1. The van der Waals surface area contributed by atoms with E-state index < -0.39 is 0 Å². The number of nitrogens with one attached hydrogen (secondary N) is 1. The average molecular weight is 364 g/mol. The Labute approximate surface area is 155 Å². The number of piperidine rings is 1. The zero-order chi connectivity index (χ0) is 18.8. The molecule has 1 aromatic carbocycles. The van der Waals surface area contributed by atoms with Gasteiger partial charge < -0.3 is 9.88 Å². The van der Waals surface area contributed by atoms with Crippen LogP contribution in [0.25, 0.3) is 10.9 Å². The third-order valence-electron chi connectivity index (χ3n) is 5.13. The van der Waals surface area contributed by atoms with E-state index in [1.54, 1.807) is 21.9 Å². The molecule has 4 rings (SSSR count). The molecule has 3 heterocycles. The van der Waals surface area contributed by atoms with E-state index in [1.807, 2.05) is 18.2 Å². The summed E-state index contributed by atoms with van der Waals surface area (Å²) in [7, 11) is 0. The topological polar surface area (TPSA) is 88.1 Å². The van der Waals surface area contributed by atoms with Gasteiger partial charge in [-0.05, 0) is 24.8 Å². The standard InChI is InChI=1S/C20H20N4O3/c25-18-11-16(15-3-1-2-4-17(15)22-18)20(27)23-9-6-14(7-10-23)12-24-13-21-8-5-19(24)26/h1-5,8,11,13-14H,6-7,9-10,12H2,(H,22,25). The van der Waals surface area contributed by atoms with Crippen molar-refractivity contribution >= 4 is 16.8 Å². The lowest BCUT2D eigenvalue weighted by atomic mass is 9.96. The van der Waals surface area contributed by atoms with Crippen molar-refractivity contribution < 1.29 is 4.79 Å². The molecule has 7 nitrogen and oxygen atoms in total. The van der Waals surface area contributed by atoms with Crippen LogP contribution < -0.4 is 11.1 Å². The van der Waals surface area contributed by atoms with Crippen molar-refractivity contribution in [2.45, 2.75) is 19.4 Å². The first-order valence-corrected chi connectivity index (χ1v) is 9.03. The quantitative estimate of drug-likeness (QED) is 0.765. The lowest BCUT2D eigenvalue weighted by molar-refractivity contribution is 0.0684. The summed E-state index contributed by atoms with van der Waals surface area (Å²) in [5.74, 6) is 0.209. The molecule has 7 heteroatoms. The van der Waals surface area contributed by atoms with Crippen molar-refractivity contribution in [2.24, 2.45) is 5.92 Å². The van der Waals surface area contributed by atoms with Crippen LogP contribution in [0.3, 0.4) is 0 Å². The number of para-hydroxylation sites is 1. The Morgan fingerprint density at radius 1 is 1.15 bits per heavy atom. The number of likely N-dealkylation sites (tertiary alicyclic amines) is 1. The van der Waals surface area contributed by atoms with Crippen molar-refractivity contribution in [2.75, 3.05) is 13.1 Å². The molecule has 1 aliphatic heterocycles. The molecule has 0 aliphatic carbocycles. The second-order valence-corrected chi connectivity index (χ2v) is 6.90. The summed E-state index contributed by atoms with van der Waals surface area (Å²) in [6.45, 7) is 1.84. The van der Waals surface area contributed by atoms with Gasteiger partial charge in [0, 0.05) is 48.9 Å². The third-order valence-corrected chi connectivity index (χ3v) is 5.13. The first kappa shape index (κ1) is 17.2. The highest BCUT2D eigenvalue weighted by molar-refractivity contribution is 6.05. The third kappa shape index (κ3) is 3.53. The SMILES string of the molecule is O=C(c1cc(=O)[nH]c2ccccc12)N1CCC(Cn2cnccc2=O)CC1. The number of pyridine rings is 1. The summed E-state index contributed by atoms with van der Waals surface area (Å²) in [4.78, 5) is 45.3. The highest BCUT2D eigenvalue weighted by Gasteiger charge is 2.25. The molecule has 1 saturated heterocycles. The van der Waals surface area contributed by atoms with Gasteiger partial charge in [-0.15, -0.1) is 0 Å². The Bertz CT molecular complexity index is 1090. The summed E-state index contributed by atoms with van der Waals surface area (Å²) >= 11 is 0. The molecule has 1 N–H and O–H groups in total. The number of nitrogens with zero attached hydrogens (tertiary/aromatic N) is 3. The molecule has 0 atom stereocenters. The molecule has 1 amide bonds. The zero-order valence-electron chi connectivity index (χ0n) is 14.8. The highest BCUT2D eigenvalue weighted by atomic mass is 16.2. The zero-order valence-corrected chi connectivity index (χ0v) is 14.8. The highest BCUT2D eigenvalue weighted by Crippen LogP contribution is 2.22. The summed E-state index contributed by atoms with van der Waals surface area (Å²) in [5.41, 5.74) is 0.775. The van der Waals surface area contributed by atoms with Gasteiger partial charge in [-0.25, -0.2) is 4.98 Å². The minimum Gasteiger partial charge on any atom is -0.339 e. The van der Waals surface area contributed by atoms with E-state index in [0.717, 1.165) is 18.2 Å². The molecule has 27 heavy (non-hydrogen) atoms. The Morgan fingerprint density at radius 2 is 1.93 bits per heavy atom. The van der Waals surface area contributed by atoms with E-state index in [9.17, 15) is 14.4 Å². The van der Waals surface area contributed by atoms with E-state index in [-0.39, 0.29) is 17.0 Å². The van der Waals surface area contributed by atoms with Gasteiger partial charge in [0.1, 0.15) is 0 Å². The smallest absolute Gasteiger partial charge is 0.254 e. The van der Waals surface area contributed by atoms with E-state index in [2.05, 4.69) is 9.97 Å². The van der Waals surface area contributed by atoms with Crippen LogP contribution in [0, 0.1) is 5.92 Å². The van der Waals surface area contributed by atoms with Crippen LogP contribution in [-0.2, 0) is 6.54 Å². The van der Waals surface area contributed by atoms with E-state index in [0.29, 0.717) is 36.6 Å². The molecule has 0 spiro atoms. The van der Waals surface area contributed by atoms with Crippen molar-refractivity contribution in [1.82, 2.24) is 19.4 Å². The molecule has 138 valence electrons. The van der Waals surface area contributed by atoms with Crippen LogP contribution in [0.15, 0.2) is 58.5 Å². The van der Waals surface area contributed by atoms with Crippen LogP contribution in [0.1, 0.15) is 23.2 Å². The maximum atomic E-state index is 13.0. The summed E-state index contributed by atoms with van der Waals surface area (Å²) in [5, 5.41) is 0.756. The molecular weight excluding hydrogens is 344 g/mol. The number of fused-ring (bicyclic) bond motifs is 1. The van der Waals surface area contributed by atoms with E-state index in [1.165, 1.54) is 18.3 Å². The van der Waals surface area contributed by atoms with Crippen LogP contribution in [-0.4, -0.2) is 38.4 Å². The summed E-state index contributed by atoms with van der Waals surface area (Å²) in [6, 6.07) is 10.2. The first-order valence-electron chi connectivity index (χ1n) is 9.03. The van der Waals surface area contributed by atoms with Gasteiger partial charge >= 0.3 is 0 Å². The van der Waals surface area contributed by atoms with Gasteiger partial charge in [-0.2, -0.15) is 0 Å². The van der Waals surface area contributed by atoms with Crippen LogP contribution >= 0.6 is 0 Å². The number of aromatic amines is 1. The number of H-pyrrole nitrogens is 1. The van der Waals surface area contributed by atoms with Crippen molar-refractivity contribution in [1.29, 1.82) is 0 Å². The molecule has 3 aromatic rings. The number of amides is 1. The van der Waals surface area contributed by atoms with Gasteiger partial charge in [0.15, 0.2) is 0 Å². The Hall–Kier alpha value is -3.22. The monoisotopic (exact) mass is 364 g/mol. The molecule has 0 radical (unpaired) electrons. The van der Waals surface area contributed by atoms with Crippen LogP contribution in [0.4, 0.5) is 0 Å². The number of rotatable bonds is 3. The maximum absolute atomic E-state index is 13.0. The fourth-order valence-electron chi connectivity index (χ4n) is 3.66. The molecule has 0 saturated carbocycles. The second kappa shape index (κ2) is 7.19. The normalized spacial score (nSPS) is 15.2. The van der Waals surface area contributed by atoms with E-state index in [4.69, 9.17) is 0 Å². The first-order chi connectivity index (χ1) is 13.1. The van der Waals surface area contributed by atoms with Gasteiger partial charge in [0.25, 0.3) is 11.5 Å². The number of carbonyl (C=O) groups is 1. The molecule has 0 unspecified atom stereocenters.